The normalized spacial score (nSPS) is 20.7. The van der Waals surface area contributed by atoms with E-state index in [0.717, 1.165) is 0 Å². The zero-order chi connectivity index (χ0) is 23.1. The molecule has 1 N–H and O–H groups in total. The van der Waals surface area contributed by atoms with Crippen LogP contribution in [0.25, 0.3) is 0 Å². The molecular formula is C22H21FN6O4. The summed E-state index contributed by atoms with van der Waals surface area (Å²) in [6.45, 7) is 1.86. The number of halogens is 1. The van der Waals surface area contributed by atoms with Crippen LogP contribution in [0, 0.1) is 5.82 Å². The number of aromatic nitrogens is 2. The lowest BCUT2D eigenvalue weighted by Gasteiger charge is -2.36. The van der Waals surface area contributed by atoms with Gasteiger partial charge >= 0.3 is 0 Å². The fourth-order valence-corrected chi connectivity index (χ4v) is 4.56. The number of piperazine rings is 1. The van der Waals surface area contributed by atoms with Crippen LogP contribution in [0.15, 0.2) is 30.9 Å². The number of nitrogens with one attached hydrogen (secondary N) is 1. The van der Waals surface area contributed by atoms with Gasteiger partial charge in [0.15, 0.2) is 0 Å². The van der Waals surface area contributed by atoms with Crippen LogP contribution in [0.4, 0.5) is 10.1 Å². The van der Waals surface area contributed by atoms with E-state index in [2.05, 4.69) is 15.3 Å². The fourth-order valence-electron chi connectivity index (χ4n) is 4.56. The molecule has 0 spiro atoms. The Hall–Kier alpha value is -3.89. The van der Waals surface area contributed by atoms with Crippen LogP contribution in [0.5, 0.6) is 0 Å². The van der Waals surface area contributed by atoms with Gasteiger partial charge < -0.3 is 14.7 Å². The van der Waals surface area contributed by atoms with E-state index in [0.29, 0.717) is 43.0 Å². The topological polar surface area (TPSA) is 116 Å². The SMILES string of the molecule is O=C1CCC(N2Cc3cc(N4CCN(C(=O)c5cncnc5)CC4)c(F)cc3C2=O)C(=O)N1. The van der Waals surface area contributed by atoms with Gasteiger partial charge in [-0.25, -0.2) is 14.4 Å². The summed E-state index contributed by atoms with van der Waals surface area (Å²) < 4.78 is 15.0. The number of amides is 4. The number of carbonyl (C=O) groups excluding carboxylic acids is 4. The molecule has 33 heavy (non-hydrogen) atoms. The van der Waals surface area contributed by atoms with Crippen molar-refractivity contribution in [3.63, 3.8) is 0 Å². The molecule has 1 aromatic heterocycles. The first-order valence-corrected chi connectivity index (χ1v) is 10.7. The first-order valence-electron chi connectivity index (χ1n) is 10.7. The molecule has 11 heteroatoms. The second kappa shape index (κ2) is 8.23. The summed E-state index contributed by atoms with van der Waals surface area (Å²) in [6, 6.07) is 2.12. The standard InChI is InChI=1S/C22H21FN6O4/c23-16-8-15-13(11-29(22(15)33)17-1-2-19(30)26-20(17)31)7-18(16)27-3-5-28(6-4-27)21(32)14-9-24-12-25-10-14/h7-10,12,17H,1-6,11H2,(H,26,30,31). The number of imide groups is 1. The number of fused-ring (bicyclic) bond motifs is 1. The van der Waals surface area contributed by atoms with E-state index in [4.69, 9.17) is 0 Å². The van der Waals surface area contributed by atoms with Gasteiger partial charge in [0.1, 0.15) is 18.2 Å². The molecule has 1 unspecified atom stereocenters. The van der Waals surface area contributed by atoms with Crippen molar-refractivity contribution in [2.45, 2.75) is 25.4 Å². The summed E-state index contributed by atoms with van der Waals surface area (Å²) in [7, 11) is 0. The summed E-state index contributed by atoms with van der Waals surface area (Å²) in [6.07, 6.45) is 4.70. The van der Waals surface area contributed by atoms with Gasteiger partial charge in [-0.3, -0.25) is 24.5 Å². The minimum Gasteiger partial charge on any atom is -0.366 e. The summed E-state index contributed by atoms with van der Waals surface area (Å²) in [4.78, 5) is 61.7. The average molecular weight is 452 g/mol. The van der Waals surface area contributed by atoms with Crippen molar-refractivity contribution in [2.24, 2.45) is 0 Å². The number of rotatable bonds is 3. The van der Waals surface area contributed by atoms with Crippen molar-refractivity contribution in [1.29, 1.82) is 0 Å². The van der Waals surface area contributed by atoms with Gasteiger partial charge in [-0.15, -0.1) is 0 Å². The number of benzene rings is 1. The quantitative estimate of drug-likeness (QED) is 0.668. The van der Waals surface area contributed by atoms with Crippen LogP contribution in [-0.2, 0) is 16.1 Å². The van der Waals surface area contributed by atoms with Gasteiger partial charge in [-0.1, -0.05) is 0 Å². The van der Waals surface area contributed by atoms with E-state index < -0.39 is 23.7 Å². The predicted molar refractivity (Wildman–Crippen MR) is 113 cm³/mol. The maximum Gasteiger partial charge on any atom is 0.257 e. The second-order valence-electron chi connectivity index (χ2n) is 8.27. The minimum atomic E-state index is -0.745. The van der Waals surface area contributed by atoms with E-state index >= 15 is 0 Å². The van der Waals surface area contributed by atoms with Crippen LogP contribution in [0.3, 0.4) is 0 Å². The van der Waals surface area contributed by atoms with Gasteiger partial charge in [0, 0.05) is 57.1 Å². The minimum absolute atomic E-state index is 0.161. The Labute approximate surface area is 188 Å². The lowest BCUT2D eigenvalue weighted by atomic mass is 10.0. The molecule has 1 atom stereocenters. The second-order valence-corrected chi connectivity index (χ2v) is 8.27. The molecule has 0 radical (unpaired) electrons. The Morgan fingerprint density at radius 1 is 1.06 bits per heavy atom. The lowest BCUT2D eigenvalue weighted by molar-refractivity contribution is -0.136. The number of nitrogens with zero attached hydrogens (tertiary/aromatic N) is 5. The molecule has 3 aliphatic rings. The third-order valence-electron chi connectivity index (χ3n) is 6.31. The van der Waals surface area contributed by atoms with Crippen molar-refractivity contribution in [2.75, 3.05) is 31.1 Å². The van der Waals surface area contributed by atoms with E-state index in [9.17, 15) is 23.6 Å². The highest BCUT2D eigenvalue weighted by Gasteiger charge is 2.40. The third kappa shape index (κ3) is 3.79. The largest absolute Gasteiger partial charge is 0.366 e. The Bertz CT molecular complexity index is 1150. The summed E-state index contributed by atoms with van der Waals surface area (Å²) in [5.74, 6) is -1.96. The molecule has 0 saturated carbocycles. The Morgan fingerprint density at radius 3 is 2.48 bits per heavy atom. The van der Waals surface area contributed by atoms with Gasteiger partial charge in [0.05, 0.1) is 11.3 Å². The zero-order valence-electron chi connectivity index (χ0n) is 17.7. The molecule has 2 aromatic rings. The van der Waals surface area contributed by atoms with E-state index in [1.807, 2.05) is 4.90 Å². The van der Waals surface area contributed by atoms with Crippen LogP contribution in [0.2, 0.25) is 0 Å². The number of hydrogen-bond donors (Lipinski definition) is 1. The van der Waals surface area contributed by atoms with Gasteiger partial charge in [0.25, 0.3) is 11.8 Å². The van der Waals surface area contributed by atoms with Crippen LogP contribution < -0.4 is 10.2 Å². The first-order chi connectivity index (χ1) is 15.9. The number of hydrogen-bond acceptors (Lipinski definition) is 7. The Kier molecular flexibility index (Phi) is 5.23. The first kappa shape index (κ1) is 21.0. The van der Waals surface area contributed by atoms with Crippen LogP contribution in [-0.4, -0.2) is 75.6 Å². The Morgan fingerprint density at radius 2 is 1.79 bits per heavy atom. The molecule has 170 valence electrons. The Balaban J connectivity index is 1.29. The molecule has 2 saturated heterocycles. The third-order valence-corrected chi connectivity index (χ3v) is 6.31. The molecule has 3 aliphatic heterocycles. The predicted octanol–water partition coefficient (Wildman–Crippen LogP) is 0.339. The number of piperidine rings is 1. The summed E-state index contributed by atoms with van der Waals surface area (Å²) in [5.41, 5.74) is 1.64. The fraction of sp³-hybridized carbons (Fsp3) is 0.364. The molecule has 10 nitrogen and oxygen atoms in total. The van der Waals surface area contributed by atoms with Crippen molar-refractivity contribution in [3.8, 4) is 0 Å². The smallest absolute Gasteiger partial charge is 0.257 e. The summed E-state index contributed by atoms with van der Waals surface area (Å²) in [5, 5.41) is 2.26. The molecule has 4 amide bonds. The van der Waals surface area contributed by atoms with Crippen LogP contribution >= 0.6 is 0 Å². The van der Waals surface area contributed by atoms with Crippen molar-refractivity contribution in [3.05, 3.63) is 53.4 Å². The average Bonchev–Trinajstić information content (AvgIpc) is 3.14. The molecule has 0 bridgehead atoms. The number of carbonyl (C=O) groups is 4. The molecule has 1 aromatic carbocycles. The van der Waals surface area contributed by atoms with Crippen molar-refractivity contribution in [1.82, 2.24) is 25.1 Å². The molecule has 4 heterocycles. The van der Waals surface area contributed by atoms with Gasteiger partial charge in [-0.05, 0) is 24.1 Å². The van der Waals surface area contributed by atoms with E-state index in [1.54, 1.807) is 11.0 Å². The van der Waals surface area contributed by atoms with Crippen molar-refractivity contribution >= 4 is 29.3 Å². The zero-order valence-corrected chi connectivity index (χ0v) is 17.7. The highest BCUT2D eigenvalue weighted by atomic mass is 19.1. The molecule has 0 aliphatic carbocycles. The summed E-state index contributed by atoms with van der Waals surface area (Å²) >= 11 is 0. The van der Waals surface area contributed by atoms with E-state index in [-0.39, 0.29) is 36.8 Å². The van der Waals surface area contributed by atoms with Gasteiger partial charge in [-0.2, -0.15) is 0 Å². The maximum absolute atomic E-state index is 15.0. The number of anilines is 1. The lowest BCUT2D eigenvalue weighted by Crippen LogP contribution is -2.52. The highest BCUT2D eigenvalue weighted by Crippen LogP contribution is 2.33. The van der Waals surface area contributed by atoms with Crippen LogP contribution in [0.1, 0.15) is 39.1 Å². The van der Waals surface area contributed by atoms with Gasteiger partial charge in [0.2, 0.25) is 11.8 Å². The molecule has 5 rings (SSSR count). The monoisotopic (exact) mass is 452 g/mol. The maximum atomic E-state index is 15.0. The molecule has 2 fully saturated rings. The highest BCUT2D eigenvalue weighted by molar-refractivity contribution is 6.05. The van der Waals surface area contributed by atoms with E-state index in [1.165, 1.54) is 29.7 Å². The molecular weight excluding hydrogens is 431 g/mol. The van der Waals surface area contributed by atoms with Crippen molar-refractivity contribution < 1.29 is 23.6 Å².